The van der Waals surface area contributed by atoms with Gasteiger partial charge in [0.15, 0.2) is 5.65 Å². The van der Waals surface area contributed by atoms with Crippen LogP contribution in [0.2, 0.25) is 5.28 Å². The van der Waals surface area contributed by atoms with E-state index in [4.69, 9.17) is 16.3 Å². The first kappa shape index (κ1) is 18.9. The summed E-state index contributed by atoms with van der Waals surface area (Å²) in [6, 6.07) is -0.259. The Morgan fingerprint density at radius 2 is 2.00 bits per heavy atom. The molecule has 1 aliphatic carbocycles. The van der Waals surface area contributed by atoms with Gasteiger partial charge in [0.05, 0.1) is 12.2 Å². The number of carbonyl (C=O) groups is 1. The zero-order chi connectivity index (χ0) is 18.9. The minimum Gasteiger partial charge on any atom is -0.444 e. The SMILES string of the molecule is CC1CCC([C@H](NC(=O)OC(C)(C)C)c2nc3nc(Cl)ncc3[nH]2)CC1. The molecule has 1 atom stereocenters. The van der Waals surface area contributed by atoms with E-state index in [1.54, 1.807) is 6.20 Å². The number of hydrogen-bond donors (Lipinski definition) is 2. The maximum Gasteiger partial charge on any atom is 0.408 e. The van der Waals surface area contributed by atoms with Gasteiger partial charge in [0, 0.05) is 0 Å². The number of imidazole rings is 1. The number of aromatic nitrogens is 4. The third-order valence-corrected chi connectivity index (χ3v) is 4.91. The van der Waals surface area contributed by atoms with Crippen LogP contribution in [-0.4, -0.2) is 31.6 Å². The minimum atomic E-state index is -0.553. The Kier molecular flexibility index (Phi) is 5.37. The average molecular weight is 380 g/mol. The summed E-state index contributed by atoms with van der Waals surface area (Å²) >= 11 is 5.86. The first-order valence-electron chi connectivity index (χ1n) is 9.09. The van der Waals surface area contributed by atoms with Crippen molar-refractivity contribution in [2.24, 2.45) is 11.8 Å². The van der Waals surface area contributed by atoms with Gasteiger partial charge in [-0.1, -0.05) is 19.8 Å². The lowest BCUT2D eigenvalue weighted by Gasteiger charge is -2.32. The third-order valence-electron chi connectivity index (χ3n) is 4.73. The molecule has 0 aromatic carbocycles. The molecule has 2 aromatic heterocycles. The number of fused-ring (bicyclic) bond motifs is 1. The zero-order valence-electron chi connectivity index (χ0n) is 15.7. The number of H-pyrrole nitrogens is 1. The molecule has 1 amide bonds. The topological polar surface area (TPSA) is 92.8 Å². The molecule has 2 heterocycles. The highest BCUT2D eigenvalue weighted by atomic mass is 35.5. The number of hydrogen-bond acceptors (Lipinski definition) is 5. The van der Waals surface area contributed by atoms with Crippen LogP contribution >= 0.6 is 11.6 Å². The molecule has 0 bridgehead atoms. The van der Waals surface area contributed by atoms with Crippen LogP contribution in [0, 0.1) is 11.8 Å². The quantitative estimate of drug-likeness (QED) is 0.771. The molecule has 0 radical (unpaired) electrons. The number of halogens is 1. The predicted octanol–water partition coefficient (Wildman–Crippen LogP) is 4.40. The maximum absolute atomic E-state index is 12.4. The fourth-order valence-electron chi connectivity index (χ4n) is 3.42. The Morgan fingerprint density at radius 3 is 2.65 bits per heavy atom. The fraction of sp³-hybridized carbons (Fsp3) is 0.667. The monoisotopic (exact) mass is 379 g/mol. The Labute approximate surface area is 158 Å². The van der Waals surface area contributed by atoms with E-state index in [2.05, 4.69) is 32.2 Å². The van der Waals surface area contributed by atoms with Crippen molar-refractivity contribution >= 4 is 28.9 Å². The lowest BCUT2D eigenvalue weighted by Crippen LogP contribution is -2.39. The van der Waals surface area contributed by atoms with Crippen molar-refractivity contribution < 1.29 is 9.53 Å². The molecule has 1 saturated carbocycles. The standard InChI is InChI=1S/C18H26ClN5O2/c1-10-5-7-11(8-6-10)13(22-17(25)26-18(2,3)4)15-21-12-9-20-16(19)24-14(12)23-15/h9-11,13H,5-8H2,1-4H3,(H,22,25)(H,20,21,23,24)/t10?,11?,13-/m0/s1. The summed E-state index contributed by atoms with van der Waals surface area (Å²) in [5.74, 6) is 1.68. The average Bonchev–Trinajstić information content (AvgIpc) is 2.94. The van der Waals surface area contributed by atoms with Gasteiger partial charge in [-0.05, 0) is 57.0 Å². The third kappa shape index (κ3) is 4.63. The molecule has 0 spiro atoms. The highest BCUT2D eigenvalue weighted by Gasteiger charge is 2.32. The number of alkyl carbamates (subject to hydrolysis) is 1. The summed E-state index contributed by atoms with van der Waals surface area (Å²) in [7, 11) is 0. The molecule has 8 heteroatoms. The summed E-state index contributed by atoms with van der Waals surface area (Å²) in [5, 5.41) is 3.17. The van der Waals surface area contributed by atoms with Crippen LogP contribution in [0.4, 0.5) is 4.79 Å². The second-order valence-corrected chi connectivity index (χ2v) is 8.48. The highest BCUT2D eigenvalue weighted by Crippen LogP contribution is 2.36. The van der Waals surface area contributed by atoms with Crippen LogP contribution in [0.5, 0.6) is 0 Å². The van der Waals surface area contributed by atoms with Crippen molar-refractivity contribution in [3.05, 3.63) is 17.3 Å². The van der Waals surface area contributed by atoms with E-state index >= 15 is 0 Å². The van der Waals surface area contributed by atoms with Crippen LogP contribution in [0.1, 0.15) is 65.2 Å². The van der Waals surface area contributed by atoms with Gasteiger partial charge in [0.25, 0.3) is 0 Å². The van der Waals surface area contributed by atoms with Gasteiger partial charge < -0.3 is 15.0 Å². The van der Waals surface area contributed by atoms with E-state index in [0.29, 0.717) is 28.8 Å². The molecule has 0 saturated heterocycles. The molecule has 1 fully saturated rings. The molecule has 142 valence electrons. The molecule has 1 aliphatic rings. The number of carbonyl (C=O) groups excluding carboxylic acids is 1. The summed E-state index contributed by atoms with van der Waals surface area (Å²) in [5.41, 5.74) is 0.646. The van der Waals surface area contributed by atoms with Crippen molar-refractivity contribution in [2.45, 2.75) is 65.0 Å². The van der Waals surface area contributed by atoms with Gasteiger partial charge in [-0.25, -0.2) is 14.8 Å². The van der Waals surface area contributed by atoms with Gasteiger partial charge in [-0.2, -0.15) is 4.98 Å². The van der Waals surface area contributed by atoms with Crippen LogP contribution in [0.15, 0.2) is 6.20 Å². The lowest BCUT2D eigenvalue weighted by molar-refractivity contribution is 0.0468. The van der Waals surface area contributed by atoms with E-state index in [9.17, 15) is 4.79 Å². The maximum atomic E-state index is 12.4. The van der Waals surface area contributed by atoms with Gasteiger partial charge >= 0.3 is 6.09 Å². The smallest absolute Gasteiger partial charge is 0.408 e. The van der Waals surface area contributed by atoms with E-state index in [1.165, 1.54) is 0 Å². The fourth-order valence-corrected chi connectivity index (χ4v) is 3.54. The molecule has 26 heavy (non-hydrogen) atoms. The van der Waals surface area contributed by atoms with Crippen LogP contribution in [-0.2, 0) is 4.74 Å². The molecule has 3 rings (SSSR count). The number of amides is 1. The Bertz CT molecular complexity index is 777. The van der Waals surface area contributed by atoms with E-state index in [1.807, 2.05) is 20.8 Å². The van der Waals surface area contributed by atoms with E-state index in [-0.39, 0.29) is 11.3 Å². The largest absolute Gasteiger partial charge is 0.444 e. The van der Waals surface area contributed by atoms with Gasteiger partial charge in [0.2, 0.25) is 5.28 Å². The molecule has 0 unspecified atom stereocenters. The van der Waals surface area contributed by atoms with Crippen molar-refractivity contribution in [1.29, 1.82) is 0 Å². The van der Waals surface area contributed by atoms with Crippen molar-refractivity contribution in [3.63, 3.8) is 0 Å². The predicted molar refractivity (Wildman–Crippen MR) is 99.9 cm³/mol. The molecule has 2 N–H and O–H groups in total. The molecule has 0 aliphatic heterocycles. The molecule has 7 nitrogen and oxygen atoms in total. The van der Waals surface area contributed by atoms with Crippen LogP contribution in [0.3, 0.4) is 0 Å². The first-order chi connectivity index (χ1) is 12.2. The Balaban J connectivity index is 1.87. The van der Waals surface area contributed by atoms with E-state index < -0.39 is 11.7 Å². The Hall–Kier alpha value is -1.89. The summed E-state index contributed by atoms with van der Waals surface area (Å²) in [4.78, 5) is 28.3. The number of nitrogens with zero attached hydrogens (tertiary/aromatic N) is 3. The van der Waals surface area contributed by atoms with Crippen molar-refractivity contribution in [3.8, 4) is 0 Å². The molecular formula is C18H26ClN5O2. The van der Waals surface area contributed by atoms with Crippen molar-refractivity contribution in [1.82, 2.24) is 25.3 Å². The highest BCUT2D eigenvalue weighted by molar-refractivity contribution is 6.28. The Morgan fingerprint density at radius 1 is 1.31 bits per heavy atom. The normalized spacial score (nSPS) is 22.2. The molecule has 2 aromatic rings. The second-order valence-electron chi connectivity index (χ2n) is 8.14. The summed E-state index contributed by atoms with van der Waals surface area (Å²) < 4.78 is 5.45. The number of nitrogens with one attached hydrogen (secondary N) is 2. The number of ether oxygens (including phenoxy) is 1. The lowest BCUT2D eigenvalue weighted by atomic mass is 9.79. The molecular weight excluding hydrogens is 354 g/mol. The second kappa shape index (κ2) is 7.39. The van der Waals surface area contributed by atoms with E-state index in [0.717, 1.165) is 25.7 Å². The first-order valence-corrected chi connectivity index (χ1v) is 9.47. The van der Waals surface area contributed by atoms with Crippen LogP contribution in [0.25, 0.3) is 11.2 Å². The summed E-state index contributed by atoms with van der Waals surface area (Å²) in [6.07, 6.45) is 5.52. The van der Waals surface area contributed by atoms with Gasteiger partial charge in [-0.15, -0.1) is 0 Å². The minimum absolute atomic E-state index is 0.152. The zero-order valence-corrected chi connectivity index (χ0v) is 16.4. The van der Waals surface area contributed by atoms with Gasteiger partial charge in [0.1, 0.15) is 16.9 Å². The number of aromatic amines is 1. The summed E-state index contributed by atoms with van der Waals surface area (Å²) in [6.45, 7) is 7.82. The van der Waals surface area contributed by atoms with Crippen molar-refractivity contribution in [2.75, 3.05) is 0 Å². The van der Waals surface area contributed by atoms with Crippen LogP contribution < -0.4 is 5.32 Å². The number of rotatable bonds is 3. The van der Waals surface area contributed by atoms with Gasteiger partial charge in [-0.3, -0.25) is 0 Å².